The number of hydrogen-bond acceptors (Lipinski definition) is 5. The Kier molecular flexibility index (Phi) is 5.23. The number of carbonyl (C=O) groups is 3. The van der Waals surface area contributed by atoms with E-state index in [1.54, 1.807) is 36.4 Å². The first-order valence-corrected chi connectivity index (χ1v) is 8.55. The third kappa shape index (κ3) is 3.83. The Bertz CT molecular complexity index is 842. The van der Waals surface area contributed by atoms with Crippen LogP contribution in [0, 0.1) is 0 Å². The van der Waals surface area contributed by atoms with E-state index in [1.165, 1.54) is 0 Å². The number of aliphatic hydroxyl groups is 1. The molecule has 0 bridgehead atoms. The summed E-state index contributed by atoms with van der Waals surface area (Å²) in [5.74, 6) is -1.47. The lowest BCUT2D eigenvalue weighted by Gasteiger charge is -2.17. The maximum absolute atomic E-state index is 12.3. The topological polar surface area (TPSA) is 89.9 Å². The molecule has 3 amide bonds. The average molecular weight is 367 g/mol. The lowest BCUT2D eigenvalue weighted by molar-refractivity contribution is -0.121. The molecule has 0 saturated heterocycles. The summed E-state index contributed by atoms with van der Waals surface area (Å²) in [5.41, 5.74) is 2.27. The molecule has 0 aromatic heterocycles. The molecule has 0 spiro atoms. The predicted molar refractivity (Wildman–Crippen MR) is 101 cm³/mol. The SMILES string of the molecule is CN(C)c1ccc(C(O)CNC(=O)CN2C(=O)c3ccccc3C2=O)cc1. The van der Waals surface area contributed by atoms with Gasteiger partial charge in [0.1, 0.15) is 6.54 Å². The van der Waals surface area contributed by atoms with Gasteiger partial charge in [0, 0.05) is 26.3 Å². The van der Waals surface area contributed by atoms with Crippen LogP contribution in [0.1, 0.15) is 32.4 Å². The van der Waals surface area contributed by atoms with E-state index in [-0.39, 0.29) is 13.1 Å². The van der Waals surface area contributed by atoms with E-state index in [2.05, 4.69) is 5.32 Å². The van der Waals surface area contributed by atoms with Crippen molar-refractivity contribution >= 4 is 23.4 Å². The van der Waals surface area contributed by atoms with Crippen molar-refractivity contribution in [2.75, 3.05) is 32.1 Å². The van der Waals surface area contributed by atoms with E-state index < -0.39 is 23.8 Å². The molecular formula is C20H21N3O4. The average Bonchev–Trinajstić information content (AvgIpc) is 2.91. The van der Waals surface area contributed by atoms with Crippen molar-refractivity contribution in [1.82, 2.24) is 10.2 Å². The fraction of sp³-hybridized carbons (Fsp3) is 0.250. The van der Waals surface area contributed by atoms with Crippen molar-refractivity contribution in [3.8, 4) is 0 Å². The van der Waals surface area contributed by atoms with Gasteiger partial charge in [0.15, 0.2) is 0 Å². The van der Waals surface area contributed by atoms with Crippen molar-refractivity contribution < 1.29 is 19.5 Å². The number of hydrogen-bond donors (Lipinski definition) is 2. The van der Waals surface area contributed by atoms with E-state index in [9.17, 15) is 19.5 Å². The molecule has 2 aromatic rings. The Labute approximate surface area is 157 Å². The predicted octanol–water partition coefficient (Wildman–Crippen LogP) is 1.20. The molecule has 7 nitrogen and oxygen atoms in total. The maximum atomic E-state index is 12.3. The van der Waals surface area contributed by atoms with Crippen LogP contribution >= 0.6 is 0 Å². The molecule has 1 aliphatic rings. The Balaban J connectivity index is 1.56. The van der Waals surface area contributed by atoms with E-state index in [0.717, 1.165) is 10.6 Å². The molecule has 1 aliphatic heterocycles. The van der Waals surface area contributed by atoms with Gasteiger partial charge >= 0.3 is 0 Å². The lowest BCUT2D eigenvalue weighted by Crippen LogP contribution is -2.41. The van der Waals surface area contributed by atoms with Gasteiger partial charge in [-0.2, -0.15) is 0 Å². The maximum Gasteiger partial charge on any atom is 0.262 e. The van der Waals surface area contributed by atoms with E-state index in [0.29, 0.717) is 16.7 Å². The summed E-state index contributed by atoms with van der Waals surface area (Å²) < 4.78 is 0. The van der Waals surface area contributed by atoms with Crippen LogP contribution in [0.25, 0.3) is 0 Å². The molecule has 2 N–H and O–H groups in total. The van der Waals surface area contributed by atoms with Crippen LogP contribution in [0.4, 0.5) is 5.69 Å². The summed E-state index contributed by atoms with van der Waals surface area (Å²) in [7, 11) is 3.84. The monoisotopic (exact) mass is 367 g/mol. The zero-order valence-corrected chi connectivity index (χ0v) is 15.2. The molecule has 0 radical (unpaired) electrons. The molecule has 1 heterocycles. The lowest BCUT2D eigenvalue weighted by atomic mass is 10.1. The second-order valence-corrected chi connectivity index (χ2v) is 6.55. The molecule has 2 aromatic carbocycles. The number of benzene rings is 2. The van der Waals surface area contributed by atoms with Crippen molar-refractivity contribution in [2.45, 2.75) is 6.10 Å². The largest absolute Gasteiger partial charge is 0.387 e. The molecule has 0 saturated carbocycles. The van der Waals surface area contributed by atoms with Crippen molar-refractivity contribution in [2.24, 2.45) is 0 Å². The summed E-state index contributed by atoms with van der Waals surface area (Å²) in [6.07, 6.45) is -0.882. The minimum absolute atomic E-state index is 0.0106. The first-order chi connectivity index (χ1) is 12.9. The number of anilines is 1. The number of nitrogens with zero attached hydrogens (tertiary/aromatic N) is 2. The highest BCUT2D eigenvalue weighted by atomic mass is 16.3. The van der Waals surface area contributed by atoms with Gasteiger partial charge in [-0.1, -0.05) is 24.3 Å². The van der Waals surface area contributed by atoms with Crippen LogP contribution in [0.2, 0.25) is 0 Å². The first-order valence-electron chi connectivity index (χ1n) is 8.55. The van der Waals surface area contributed by atoms with E-state index in [1.807, 2.05) is 31.1 Å². The number of nitrogens with one attached hydrogen (secondary N) is 1. The highest BCUT2D eigenvalue weighted by molar-refractivity contribution is 6.22. The standard InChI is InChI=1S/C20H21N3O4/c1-22(2)14-9-7-13(8-10-14)17(24)11-21-18(25)12-23-19(26)15-5-3-4-6-16(15)20(23)27/h3-10,17,24H,11-12H2,1-2H3,(H,21,25). The van der Waals surface area contributed by atoms with Crippen molar-refractivity contribution in [3.05, 3.63) is 65.2 Å². The first kappa shape index (κ1) is 18.6. The highest BCUT2D eigenvalue weighted by Gasteiger charge is 2.36. The van der Waals surface area contributed by atoms with Gasteiger partial charge in [-0.25, -0.2) is 0 Å². The van der Waals surface area contributed by atoms with Gasteiger partial charge in [0.25, 0.3) is 11.8 Å². The van der Waals surface area contributed by atoms with E-state index >= 15 is 0 Å². The van der Waals surface area contributed by atoms with Crippen LogP contribution < -0.4 is 10.2 Å². The third-order valence-electron chi connectivity index (χ3n) is 4.47. The number of imide groups is 1. The molecule has 7 heteroatoms. The second kappa shape index (κ2) is 7.59. The van der Waals surface area contributed by atoms with Crippen LogP contribution in [0.3, 0.4) is 0 Å². The Morgan fingerprint density at radius 2 is 1.59 bits per heavy atom. The van der Waals surface area contributed by atoms with E-state index in [4.69, 9.17) is 0 Å². The zero-order valence-electron chi connectivity index (χ0n) is 15.2. The van der Waals surface area contributed by atoms with Crippen molar-refractivity contribution in [3.63, 3.8) is 0 Å². The summed E-state index contributed by atoms with van der Waals surface area (Å²) >= 11 is 0. The summed E-state index contributed by atoms with van der Waals surface area (Å²) in [4.78, 5) is 39.5. The van der Waals surface area contributed by atoms with Gasteiger partial charge < -0.3 is 15.3 Å². The van der Waals surface area contributed by atoms with Gasteiger partial charge in [-0.05, 0) is 29.8 Å². The third-order valence-corrected chi connectivity index (χ3v) is 4.47. The molecule has 0 fully saturated rings. The van der Waals surface area contributed by atoms with Gasteiger partial charge in [0.05, 0.1) is 17.2 Å². The number of carbonyl (C=O) groups excluding carboxylic acids is 3. The summed E-state index contributed by atoms with van der Waals surface area (Å²) in [6, 6.07) is 13.8. The van der Waals surface area contributed by atoms with Crippen LogP contribution in [-0.4, -0.2) is 54.9 Å². The van der Waals surface area contributed by atoms with Gasteiger partial charge in [-0.3, -0.25) is 19.3 Å². The van der Waals surface area contributed by atoms with Gasteiger partial charge in [0.2, 0.25) is 5.91 Å². The zero-order chi connectivity index (χ0) is 19.6. The van der Waals surface area contributed by atoms with Crippen LogP contribution in [0.5, 0.6) is 0 Å². The fourth-order valence-corrected chi connectivity index (χ4v) is 2.91. The molecule has 1 atom stereocenters. The minimum atomic E-state index is -0.882. The second-order valence-electron chi connectivity index (χ2n) is 6.55. The number of amides is 3. The Morgan fingerprint density at radius 1 is 1.04 bits per heavy atom. The Hall–Kier alpha value is -3.19. The molecule has 1 unspecified atom stereocenters. The van der Waals surface area contributed by atoms with Gasteiger partial charge in [-0.15, -0.1) is 0 Å². The Morgan fingerprint density at radius 3 is 2.11 bits per heavy atom. The van der Waals surface area contributed by atoms with Crippen LogP contribution in [0.15, 0.2) is 48.5 Å². The number of aliphatic hydroxyl groups excluding tert-OH is 1. The molecule has 140 valence electrons. The summed E-state index contributed by atoms with van der Waals surface area (Å²) in [6.45, 7) is -0.387. The highest BCUT2D eigenvalue weighted by Crippen LogP contribution is 2.22. The number of rotatable bonds is 6. The quantitative estimate of drug-likeness (QED) is 0.749. The van der Waals surface area contributed by atoms with Crippen LogP contribution in [-0.2, 0) is 4.79 Å². The minimum Gasteiger partial charge on any atom is -0.387 e. The number of fused-ring (bicyclic) bond motifs is 1. The normalized spacial score (nSPS) is 14.1. The molecular weight excluding hydrogens is 346 g/mol. The smallest absolute Gasteiger partial charge is 0.262 e. The molecule has 0 aliphatic carbocycles. The molecule has 27 heavy (non-hydrogen) atoms. The van der Waals surface area contributed by atoms with Crippen molar-refractivity contribution in [1.29, 1.82) is 0 Å². The summed E-state index contributed by atoms with van der Waals surface area (Å²) in [5, 5.41) is 12.8. The fourth-order valence-electron chi connectivity index (χ4n) is 2.91. The molecule has 3 rings (SSSR count).